The van der Waals surface area contributed by atoms with E-state index >= 15 is 0 Å². The number of nitrogens with zero attached hydrogens (tertiary/aromatic N) is 2. The third-order valence-electron chi connectivity index (χ3n) is 3.10. The van der Waals surface area contributed by atoms with Crippen LogP contribution in [-0.2, 0) is 5.92 Å². The van der Waals surface area contributed by atoms with E-state index in [1.807, 2.05) is 20.8 Å². The molecule has 0 amide bonds. The van der Waals surface area contributed by atoms with E-state index in [2.05, 4.69) is 0 Å². The van der Waals surface area contributed by atoms with Gasteiger partial charge >= 0.3 is 0 Å². The Kier molecular flexibility index (Phi) is 5.03. The number of anilines is 1. The second kappa shape index (κ2) is 6.09. The van der Waals surface area contributed by atoms with Gasteiger partial charge in [-0.25, -0.2) is 8.78 Å². The monoisotopic (exact) mass is 323 g/mol. The van der Waals surface area contributed by atoms with Crippen LogP contribution in [-0.4, -0.2) is 10.8 Å². The third-order valence-corrected chi connectivity index (χ3v) is 3.29. The molecule has 0 heterocycles. The van der Waals surface area contributed by atoms with Crippen LogP contribution in [0.3, 0.4) is 0 Å². The Balaban J connectivity index is 3.50. The van der Waals surface area contributed by atoms with E-state index in [4.69, 9.17) is 22.9 Å². The molecule has 0 bridgehead atoms. The number of hydrogen-bond donors (Lipinski definition) is 1. The maximum absolute atomic E-state index is 13.7. The maximum atomic E-state index is 13.7. The van der Waals surface area contributed by atoms with Crippen LogP contribution in [0.4, 0.5) is 14.5 Å². The quantitative estimate of drug-likeness (QED) is 0.481. The molecule has 0 aliphatic heterocycles. The van der Waals surface area contributed by atoms with Crippen molar-refractivity contribution < 1.29 is 8.78 Å². The highest BCUT2D eigenvalue weighted by Crippen LogP contribution is 2.34. The topological polar surface area (TPSA) is 50.9 Å². The Labute approximate surface area is 135 Å². The van der Waals surface area contributed by atoms with Crippen molar-refractivity contribution in [1.82, 2.24) is 0 Å². The molecule has 0 unspecified atom stereocenters. The molecule has 0 aliphatic rings. The lowest BCUT2D eigenvalue weighted by molar-refractivity contribution is 0.0172. The molecule has 3 nitrogen and oxygen atoms in total. The fourth-order valence-electron chi connectivity index (χ4n) is 1.94. The summed E-state index contributed by atoms with van der Waals surface area (Å²) in [6, 6.07) is 5.87. The van der Waals surface area contributed by atoms with Crippen molar-refractivity contribution in [2.75, 3.05) is 4.90 Å². The van der Waals surface area contributed by atoms with Crippen LogP contribution in [0.15, 0.2) is 18.2 Å². The number of thiocarbonyl (C=S) groups is 1. The summed E-state index contributed by atoms with van der Waals surface area (Å²) >= 11 is 5.17. The number of alkyl halides is 2. The number of nitrogens with one attached hydrogen (secondary N) is 1. The summed E-state index contributed by atoms with van der Waals surface area (Å²) in [5.41, 5.74) is -0.581. The normalized spacial score (nSPS) is 11.7. The van der Waals surface area contributed by atoms with E-state index in [-0.39, 0.29) is 17.0 Å². The Morgan fingerprint density at radius 1 is 1.27 bits per heavy atom. The highest BCUT2D eigenvalue weighted by molar-refractivity contribution is 7.80. The summed E-state index contributed by atoms with van der Waals surface area (Å²) in [4.78, 5) is 1.83. The molecule has 118 valence electrons. The highest BCUT2D eigenvalue weighted by Gasteiger charge is 2.31. The van der Waals surface area contributed by atoms with Crippen LogP contribution in [0.25, 0.3) is 0 Å². The molecular formula is C16H19F2N3S. The molecule has 0 aromatic heterocycles. The highest BCUT2D eigenvalue weighted by atomic mass is 32.1. The zero-order chi connectivity index (χ0) is 17.3. The van der Waals surface area contributed by atoms with E-state index in [0.29, 0.717) is 10.7 Å². The van der Waals surface area contributed by atoms with Crippen LogP contribution in [0, 0.1) is 22.2 Å². The van der Waals surface area contributed by atoms with E-state index in [1.165, 1.54) is 23.1 Å². The SMILES string of the molecule is CC(=S)N(C(=N)C(C)(C)C)c1ccc(C#N)c(C(C)(F)F)c1. The Bertz CT molecular complexity index is 649. The van der Waals surface area contributed by atoms with Crippen molar-refractivity contribution in [1.29, 1.82) is 10.7 Å². The van der Waals surface area contributed by atoms with Crippen molar-refractivity contribution in [2.24, 2.45) is 5.41 Å². The van der Waals surface area contributed by atoms with Gasteiger partial charge in [-0.15, -0.1) is 0 Å². The van der Waals surface area contributed by atoms with Gasteiger partial charge in [0.2, 0.25) is 0 Å². The average Bonchev–Trinajstić information content (AvgIpc) is 2.36. The number of rotatable bonds is 2. The Morgan fingerprint density at radius 3 is 2.18 bits per heavy atom. The summed E-state index contributed by atoms with van der Waals surface area (Å²) in [7, 11) is 0. The molecule has 0 saturated heterocycles. The summed E-state index contributed by atoms with van der Waals surface area (Å²) in [5.74, 6) is -2.94. The minimum Gasteiger partial charge on any atom is -0.293 e. The van der Waals surface area contributed by atoms with Crippen LogP contribution >= 0.6 is 12.2 Å². The van der Waals surface area contributed by atoms with Crippen molar-refractivity contribution in [3.8, 4) is 6.07 Å². The van der Waals surface area contributed by atoms with Crippen molar-refractivity contribution in [3.63, 3.8) is 0 Å². The molecule has 0 aliphatic carbocycles. The van der Waals surface area contributed by atoms with Gasteiger partial charge < -0.3 is 0 Å². The summed E-state index contributed by atoms with van der Waals surface area (Å²) < 4.78 is 27.5. The fourth-order valence-corrected chi connectivity index (χ4v) is 2.13. The lowest BCUT2D eigenvalue weighted by Crippen LogP contribution is -2.41. The lowest BCUT2D eigenvalue weighted by atomic mass is 9.93. The molecule has 1 rings (SSSR count). The first-order valence-electron chi connectivity index (χ1n) is 6.71. The first-order valence-corrected chi connectivity index (χ1v) is 7.12. The predicted molar refractivity (Wildman–Crippen MR) is 88.7 cm³/mol. The summed E-state index contributed by atoms with van der Waals surface area (Å²) in [6.45, 7) is 7.92. The van der Waals surface area contributed by atoms with Gasteiger partial charge in [-0.05, 0) is 25.1 Å². The predicted octanol–water partition coefficient (Wildman–Crippen LogP) is 4.85. The number of hydrogen-bond acceptors (Lipinski definition) is 3. The summed E-state index contributed by atoms with van der Waals surface area (Å²) in [5, 5.41) is 17.3. The van der Waals surface area contributed by atoms with Gasteiger partial charge in [0.05, 0.1) is 16.6 Å². The van der Waals surface area contributed by atoms with Gasteiger partial charge in [-0.1, -0.05) is 33.0 Å². The first kappa shape index (κ1) is 18.2. The molecule has 1 N–H and O–H groups in total. The van der Waals surface area contributed by atoms with Crippen molar-refractivity contribution in [2.45, 2.75) is 40.5 Å². The van der Waals surface area contributed by atoms with Crippen LogP contribution < -0.4 is 4.90 Å². The largest absolute Gasteiger partial charge is 0.293 e. The zero-order valence-corrected chi connectivity index (χ0v) is 14.1. The van der Waals surface area contributed by atoms with E-state index in [1.54, 1.807) is 13.0 Å². The fraction of sp³-hybridized carbons (Fsp3) is 0.438. The molecule has 22 heavy (non-hydrogen) atoms. The van der Waals surface area contributed by atoms with Gasteiger partial charge in [-0.2, -0.15) is 5.26 Å². The second-order valence-electron chi connectivity index (χ2n) is 6.18. The van der Waals surface area contributed by atoms with Crippen molar-refractivity contribution >= 4 is 28.7 Å². The smallest absolute Gasteiger partial charge is 0.271 e. The number of benzene rings is 1. The molecule has 1 aromatic rings. The van der Waals surface area contributed by atoms with Crippen LogP contribution in [0.5, 0.6) is 0 Å². The van der Waals surface area contributed by atoms with E-state index in [0.717, 1.165) is 6.92 Å². The second-order valence-corrected chi connectivity index (χ2v) is 6.77. The molecule has 0 fully saturated rings. The molecule has 0 spiro atoms. The molecule has 1 aromatic carbocycles. The van der Waals surface area contributed by atoms with Gasteiger partial charge in [-0.3, -0.25) is 10.3 Å². The van der Waals surface area contributed by atoms with Crippen LogP contribution in [0.2, 0.25) is 0 Å². The number of amidine groups is 1. The molecule has 0 atom stereocenters. The van der Waals surface area contributed by atoms with Crippen LogP contribution in [0.1, 0.15) is 45.7 Å². The Hall–Kier alpha value is -1.87. The molecule has 6 heteroatoms. The van der Waals surface area contributed by atoms with Gasteiger partial charge in [0.25, 0.3) is 5.92 Å². The minimum absolute atomic E-state index is 0.0829. The molecular weight excluding hydrogens is 304 g/mol. The zero-order valence-electron chi connectivity index (χ0n) is 13.3. The maximum Gasteiger partial charge on any atom is 0.271 e. The minimum atomic E-state index is -3.15. The standard InChI is InChI=1S/C16H19F2N3S/c1-10(22)21(14(20)15(2,3)4)12-7-6-11(9-19)13(8-12)16(5,17)18/h6-8,20H,1-5H3. The van der Waals surface area contributed by atoms with Crippen molar-refractivity contribution in [3.05, 3.63) is 29.3 Å². The van der Waals surface area contributed by atoms with E-state index in [9.17, 15) is 8.78 Å². The number of halogens is 2. The first-order chi connectivity index (χ1) is 9.89. The van der Waals surface area contributed by atoms with Gasteiger partial charge in [0, 0.05) is 23.6 Å². The molecule has 0 saturated carbocycles. The van der Waals surface area contributed by atoms with Gasteiger partial charge in [0.15, 0.2) is 0 Å². The molecule has 0 radical (unpaired) electrons. The van der Waals surface area contributed by atoms with Gasteiger partial charge in [0.1, 0.15) is 5.84 Å². The third kappa shape index (κ3) is 3.86. The lowest BCUT2D eigenvalue weighted by Gasteiger charge is -2.32. The summed E-state index contributed by atoms with van der Waals surface area (Å²) in [6.07, 6.45) is 0. The number of nitriles is 1. The Morgan fingerprint density at radius 2 is 1.82 bits per heavy atom. The average molecular weight is 323 g/mol. The van der Waals surface area contributed by atoms with E-state index < -0.39 is 11.3 Å².